The molecule has 148 valence electrons. The van der Waals surface area contributed by atoms with Crippen LogP contribution >= 0.6 is 0 Å². The first-order valence-corrected chi connectivity index (χ1v) is 9.92. The van der Waals surface area contributed by atoms with Crippen LogP contribution < -0.4 is 15.5 Å². The van der Waals surface area contributed by atoms with E-state index in [4.69, 9.17) is 0 Å². The van der Waals surface area contributed by atoms with E-state index in [1.807, 2.05) is 68.6 Å². The molecular weight excluding hydrogens is 362 g/mol. The maximum atomic E-state index is 12.5. The van der Waals surface area contributed by atoms with Crippen LogP contribution in [0.3, 0.4) is 0 Å². The molecule has 4 rings (SSSR count). The van der Waals surface area contributed by atoms with E-state index in [2.05, 4.69) is 25.7 Å². The highest BCUT2D eigenvalue weighted by molar-refractivity contribution is 6.05. The Balaban J connectivity index is 1.41. The summed E-state index contributed by atoms with van der Waals surface area (Å²) in [5, 5.41) is 14.5. The van der Waals surface area contributed by atoms with Crippen LogP contribution in [0.4, 0.5) is 22.9 Å². The zero-order chi connectivity index (χ0) is 20.2. The molecule has 0 radical (unpaired) electrons. The summed E-state index contributed by atoms with van der Waals surface area (Å²) in [5.41, 5.74) is 5.53. The van der Waals surface area contributed by atoms with Crippen molar-refractivity contribution in [1.29, 1.82) is 0 Å². The molecule has 2 N–H and O–H groups in total. The van der Waals surface area contributed by atoms with Crippen LogP contribution in [0.5, 0.6) is 0 Å². The number of anilines is 4. The number of aromatic nitrogens is 2. The Labute approximate surface area is 171 Å². The van der Waals surface area contributed by atoms with Crippen molar-refractivity contribution in [2.24, 2.45) is 0 Å². The number of hydrogen-bond donors (Lipinski definition) is 2. The minimum absolute atomic E-state index is 0.104. The van der Waals surface area contributed by atoms with Crippen LogP contribution in [0.25, 0.3) is 0 Å². The summed E-state index contributed by atoms with van der Waals surface area (Å²) in [6, 6.07) is 15.4. The van der Waals surface area contributed by atoms with Crippen molar-refractivity contribution in [1.82, 2.24) is 10.2 Å². The highest BCUT2D eigenvalue weighted by Crippen LogP contribution is 2.23. The second kappa shape index (κ2) is 8.31. The first-order valence-electron chi connectivity index (χ1n) is 9.92. The van der Waals surface area contributed by atoms with Crippen molar-refractivity contribution < 1.29 is 4.79 Å². The Bertz CT molecular complexity index is 1010. The predicted octanol–water partition coefficient (Wildman–Crippen LogP) is 4.69. The van der Waals surface area contributed by atoms with Gasteiger partial charge in [0, 0.05) is 36.1 Å². The van der Waals surface area contributed by atoms with Gasteiger partial charge in [-0.25, -0.2) is 0 Å². The zero-order valence-corrected chi connectivity index (χ0v) is 16.8. The highest BCUT2D eigenvalue weighted by Gasteiger charge is 2.13. The Morgan fingerprint density at radius 2 is 1.69 bits per heavy atom. The van der Waals surface area contributed by atoms with Gasteiger partial charge in [-0.1, -0.05) is 17.7 Å². The van der Waals surface area contributed by atoms with Gasteiger partial charge < -0.3 is 15.5 Å². The average molecular weight is 387 g/mol. The fourth-order valence-electron chi connectivity index (χ4n) is 3.62. The van der Waals surface area contributed by atoms with E-state index in [9.17, 15) is 4.79 Å². The third-order valence-electron chi connectivity index (χ3n) is 5.15. The minimum atomic E-state index is -0.104. The van der Waals surface area contributed by atoms with Gasteiger partial charge in [0.1, 0.15) is 0 Å². The maximum Gasteiger partial charge on any atom is 0.255 e. The van der Waals surface area contributed by atoms with Gasteiger partial charge in [0.2, 0.25) is 0 Å². The highest BCUT2D eigenvalue weighted by atomic mass is 16.1. The molecule has 0 bridgehead atoms. The molecule has 2 heterocycles. The Morgan fingerprint density at radius 1 is 0.966 bits per heavy atom. The van der Waals surface area contributed by atoms with Gasteiger partial charge in [0.15, 0.2) is 5.82 Å². The monoisotopic (exact) mass is 387 g/mol. The lowest BCUT2D eigenvalue weighted by Gasteiger charge is -2.17. The van der Waals surface area contributed by atoms with Crippen LogP contribution in [-0.2, 0) is 0 Å². The van der Waals surface area contributed by atoms with E-state index in [0.717, 1.165) is 41.3 Å². The van der Waals surface area contributed by atoms with E-state index in [-0.39, 0.29) is 5.91 Å². The molecule has 1 fully saturated rings. The fraction of sp³-hybridized carbons (Fsp3) is 0.261. The summed E-state index contributed by atoms with van der Waals surface area (Å²) in [5.74, 6) is 0.605. The number of rotatable bonds is 5. The van der Waals surface area contributed by atoms with Gasteiger partial charge >= 0.3 is 0 Å². The first-order chi connectivity index (χ1) is 14.1. The molecule has 1 aliphatic rings. The lowest BCUT2D eigenvalue weighted by atomic mass is 10.1. The van der Waals surface area contributed by atoms with E-state index in [1.165, 1.54) is 12.8 Å². The molecule has 6 nitrogen and oxygen atoms in total. The minimum Gasteiger partial charge on any atom is -0.370 e. The van der Waals surface area contributed by atoms with Crippen molar-refractivity contribution in [2.75, 3.05) is 28.6 Å². The predicted molar refractivity (Wildman–Crippen MR) is 117 cm³/mol. The van der Waals surface area contributed by atoms with Crippen molar-refractivity contribution in [2.45, 2.75) is 26.7 Å². The summed E-state index contributed by atoms with van der Waals surface area (Å²) >= 11 is 0. The Kier molecular flexibility index (Phi) is 5.42. The van der Waals surface area contributed by atoms with Gasteiger partial charge in [0.25, 0.3) is 5.91 Å². The van der Waals surface area contributed by atoms with E-state index in [1.54, 1.807) is 0 Å². The third-order valence-corrected chi connectivity index (χ3v) is 5.15. The number of carbonyl (C=O) groups excluding carboxylic acids is 1. The summed E-state index contributed by atoms with van der Waals surface area (Å²) in [4.78, 5) is 14.9. The molecule has 1 aliphatic heterocycles. The zero-order valence-electron chi connectivity index (χ0n) is 16.8. The van der Waals surface area contributed by atoms with Gasteiger partial charge in [-0.05, 0) is 62.6 Å². The Hall–Kier alpha value is -3.41. The molecule has 0 spiro atoms. The number of nitrogens with zero attached hydrogens (tertiary/aromatic N) is 3. The SMILES string of the molecule is Cc1ccc(C(=O)Nc2ccc(Nc3cc(N4CCCC4)cnn3)cc2)c(C)c1. The number of aryl methyl sites for hydroxylation is 2. The number of amides is 1. The number of carbonyl (C=O) groups is 1. The molecule has 1 amide bonds. The number of hydrogen-bond acceptors (Lipinski definition) is 5. The molecule has 1 aromatic heterocycles. The average Bonchev–Trinajstić information content (AvgIpc) is 3.24. The normalized spacial score (nSPS) is 13.4. The Morgan fingerprint density at radius 3 is 2.41 bits per heavy atom. The molecule has 6 heteroatoms. The van der Waals surface area contributed by atoms with Crippen molar-refractivity contribution >= 4 is 28.8 Å². The topological polar surface area (TPSA) is 70.2 Å². The third kappa shape index (κ3) is 4.54. The van der Waals surface area contributed by atoms with Gasteiger partial charge in [-0.2, -0.15) is 5.10 Å². The van der Waals surface area contributed by atoms with Crippen molar-refractivity contribution in [3.63, 3.8) is 0 Å². The molecular formula is C23H25N5O. The van der Waals surface area contributed by atoms with Crippen LogP contribution in [0.15, 0.2) is 54.7 Å². The quantitative estimate of drug-likeness (QED) is 0.665. The molecule has 2 aromatic carbocycles. The maximum absolute atomic E-state index is 12.5. The second-order valence-corrected chi connectivity index (χ2v) is 7.47. The van der Waals surface area contributed by atoms with Crippen LogP contribution in [0.2, 0.25) is 0 Å². The van der Waals surface area contributed by atoms with Crippen LogP contribution in [0.1, 0.15) is 34.3 Å². The van der Waals surface area contributed by atoms with Gasteiger partial charge in [-0.15, -0.1) is 5.10 Å². The molecule has 0 saturated carbocycles. The smallest absolute Gasteiger partial charge is 0.255 e. The number of benzene rings is 2. The van der Waals surface area contributed by atoms with Gasteiger partial charge in [0.05, 0.1) is 11.9 Å². The largest absolute Gasteiger partial charge is 0.370 e. The van der Waals surface area contributed by atoms with Crippen molar-refractivity contribution in [3.8, 4) is 0 Å². The molecule has 1 saturated heterocycles. The molecule has 0 aliphatic carbocycles. The number of nitrogens with one attached hydrogen (secondary N) is 2. The second-order valence-electron chi connectivity index (χ2n) is 7.47. The lowest BCUT2D eigenvalue weighted by molar-refractivity contribution is 0.102. The van der Waals surface area contributed by atoms with E-state index >= 15 is 0 Å². The standard InChI is InChI=1S/C23H25N5O/c1-16-5-10-21(17(2)13-16)23(29)26-19-8-6-18(7-9-19)25-22-14-20(15-24-27-22)28-11-3-4-12-28/h5-10,13-15H,3-4,11-12H2,1-2H3,(H,25,27)(H,26,29). The summed E-state index contributed by atoms with van der Waals surface area (Å²) in [6.07, 6.45) is 4.25. The first kappa shape index (κ1) is 18.9. The van der Waals surface area contributed by atoms with E-state index < -0.39 is 0 Å². The fourth-order valence-corrected chi connectivity index (χ4v) is 3.62. The summed E-state index contributed by atoms with van der Waals surface area (Å²) in [6.45, 7) is 6.11. The lowest BCUT2D eigenvalue weighted by Crippen LogP contribution is -2.18. The molecule has 0 unspecified atom stereocenters. The molecule has 0 atom stereocenters. The van der Waals surface area contributed by atoms with Crippen molar-refractivity contribution in [3.05, 3.63) is 71.4 Å². The van der Waals surface area contributed by atoms with Crippen LogP contribution in [-0.4, -0.2) is 29.2 Å². The molecule has 3 aromatic rings. The van der Waals surface area contributed by atoms with Gasteiger partial charge in [-0.3, -0.25) is 4.79 Å². The summed E-state index contributed by atoms with van der Waals surface area (Å²) < 4.78 is 0. The molecule has 29 heavy (non-hydrogen) atoms. The van der Waals surface area contributed by atoms with Crippen LogP contribution in [0, 0.1) is 13.8 Å². The summed E-state index contributed by atoms with van der Waals surface area (Å²) in [7, 11) is 0. The van der Waals surface area contributed by atoms with E-state index in [0.29, 0.717) is 11.4 Å².